The van der Waals surface area contributed by atoms with E-state index in [4.69, 9.17) is 4.74 Å². The highest BCUT2D eigenvalue weighted by Crippen LogP contribution is 2.15. The molecule has 2 aromatic heterocycles. The molecule has 0 spiro atoms. The molecule has 0 aliphatic carbocycles. The lowest BCUT2D eigenvalue weighted by Gasteiger charge is -2.12. The van der Waals surface area contributed by atoms with Crippen LogP contribution < -0.4 is 10.1 Å². The van der Waals surface area contributed by atoms with Gasteiger partial charge in [-0.15, -0.1) is 0 Å². The number of benzene rings is 1. The fourth-order valence-electron chi connectivity index (χ4n) is 2.57. The standard InChI is InChI=1S/C20H22N4O2/c1-14-4-7-17(8-5-14)26-13-11-22-20(25)18-9-6-15(2)23-19(18)24-12-10-21-16(24)3/h4-10,12H,11,13H2,1-3H3,(H,22,25). The second-order valence-corrected chi connectivity index (χ2v) is 6.09. The second-order valence-electron chi connectivity index (χ2n) is 6.09. The predicted octanol–water partition coefficient (Wildman–Crippen LogP) is 3.00. The molecule has 3 rings (SSSR count). The first-order valence-electron chi connectivity index (χ1n) is 8.50. The highest BCUT2D eigenvalue weighted by molar-refractivity contribution is 5.97. The fraction of sp³-hybridized carbons (Fsp3) is 0.250. The van der Waals surface area contributed by atoms with E-state index in [0.29, 0.717) is 24.5 Å². The average Bonchev–Trinajstić information content (AvgIpc) is 3.06. The summed E-state index contributed by atoms with van der Waals surface area (Å²) >= 11 is 0. The summed E-state index contributed by atoms with van der Waals surface area (Å²) in [5.74, 6) is 1.96. The van der Waals surface area contributed by atoms with Gasteiger partial charge < -0.3 is 10.1 Å². The molecule has 1 N–H and O–H groups in total. The van der Waals surface area contributed by atoms with Gasteiger partial charge in [0.1, 0.15) is 18.2 Å². The lowest BCUT2D eigenvalue weighted by atomic mass is 10.2. The molecule has 0 unspecified atom stereocenters. The van der Waals surface area contributed by atoms with Gasteiger partial charge in [-0.2, -0.15) is 0 Å². The molecule has 2 heterocycles. The number of nitrogens with one attached hydrogen (secondary N) is 1. The Morgan fingerprint density at radius 2 is 1.88 bits per heavy atom. The van der Waals surface area contributed by atoms with Gasteiger partial charge in [0.15, 0.2) is 5.82 Å². The van der Waals surface area contributed by atoms with Crippen molar-refractivity contribution in [2.24, 2.45) is 0 Å². The van der Waals surface area contributed by atoms with E-state index in [2.05, 4.69) is 15.3 Å². The minimum Gasteiger partial charge on any atom is -0.492 e. The number of carbonyl (C=O) groups is 1. The normalized spacial score (nSPS) is 10.6. The van der Waals surface area contributed by atoms with Crippen molar-refractivity contribution >= 4 is 5.91 Å². The predicted molar refractivity (Wildman–Crippen MR) is 99.8 cm³/mol. The number of hydrogen-bond acceptors (Lipinski definition) is 4. The van der Waals surface area contributed by atoms with Crippen molar-refractivity contribution in [2.75, 3.05) is 13.2 Å². The third-order valence-electron chi connectivity index (χ3n) is 3.99. The molecule has 26 heavy (non-hydrogen) atoms. The van der Waals surface area contributed by atoms with E-state index in [1.807, 2.05) is 55.7 Å². The van der Waals surface area contributed by atoms with E-state index in [-0.39, 0.29) is 5.91 Å². The van der Waals surface area contributed by atoms with Crippen molar-refractivity contribution in [1.29, 1.82) is 0 Å². The van der Waals surface area contributed by atoms with E-state index in [0.717, 1.165) is 17.3 Å². The van der Waals surface area contributed by atoms with E-state index in [9.17, 15) is 4.79 Å². The highest BCUT2D eigenvalue weighted by Gasteiger charge is 2.15. The lowest BCUT2D eigenvalue weighted by Crippen LogP contribution is -2.29. The Morgan fingerprint density at radius 3 is 2.58 bits per heavy atom. The largest absolute Gasteiger partial charge is 0.492 e. The van der Waals surface area contributed by atoms with E-state index < -0.39 is 0 Å². The van der Waals surface area contributed by atoms with Crippen molar-refractivity contribution in [2.45, 2.75) is 20.8 Å². The summed E-state index contributed by atoms with van der Waals surface area (Å²) in [6, 6.07) is 11.4. The molecular formula is C20H22N4O2. The number of nitrogens with zero attached hydrogens (tertiary/aromatic N) is 3. The number of aryl methyl sites for hydroxylation is 3. The zero-order valence-corrected chi connectivity index (χ0v) is 15.2. The van der Waals surface area contributed by atoms with Gasteiger partial charge in [0.2, 0.25) is 0 Å². The molecule has 6 nitrogen and oxygen atoms in total. The molecule has 0 bridgehead atoms. The summed E-state index contributed by atoms with van der Waals surface area (Å²) in [5, 5.41) is 2.88. The molecule has 0 aliphatic rings. The number of hydrogen-bond donors (Lipinski definition) is 1. The fourth-order valence-corrected chi connectivity index (χ4v) is 2.57. The zero-order chi connectivity index (χ0) is 18.5. The summed E-state index contributed by atoms with van der Waals surface area (Å²) < 4.78 is 7.45. The Labute approximate surface area is 152 Å². The van der Waals surface area contributed by atoms with Crippen molar-refractivity contribution in [3.8, 4) is 11.6 Å². The molecule has 0 aliphatic heterocycles. The van der Waals surface area contributed by atoms with E-state index >= 15 is 0 Å². The maximum atomic E-state index is 12.6. The maximum absolute atomic E-state index is 12.6. The molecule has 3 aromatic rings. The molecule has 0 radical (unpaired) electrons. The third kappa shape index (κ3) is 4.08. The van der Waals surface area contributed by atoms with Crippen molar-refractivity contribution in [1.82, 2.24) is 19.9 Å². The van der Waals surface area contributed by atoms with Gasteiger partial charge in [-0.05, 0) is 45.0 Å². The molecule has 0 saturated heterocycles. The lowest BCUT2D eigenvalue weighted by molar-refractivity contribution is 0.0946. The van der Waals surface area contributed by atoms with Crippen LogP contribution in [0.25, 0.3) is 5.82 Å². The molecule has 1 aromatic carbocycles. The first-order valence-corrected chi connectivity index (χ1v) is 8.50. The van der Waals surface area contributed by atoms with Gasteiger partial charge >= 0.3 is 0 Å². The van der Waals surface area contributed by atoms with Crippen molar-refractivity contribution in [3.63, 3.8) is 0 Å². The van der Waals surface area contributed by atoms with Gasteiger partial charge in [0.05, 0.1) is 12.1 Å². The molecule has 0 atom stereocenters. The number of pyridine rings is 1. The monoisotopic (exact) mass is 350 g/mol. The van der Waals surface area contributed by atoms with Gasteiger partial charge in [-0.1, -0.05) is 17.7 Å². The summed E-state index contributed by atoms with van der Waals surface area (Å²) in [5.41, 5.74) is 2.53. The molecule has 6 heteroatoms. The Morgan fingerprint density at radius 1 is 1.12 bits per heavy atom. The van der Waals surface area contributed by atoms with E-state index in [1.165, 1.54) is 5.56 Å². The highest BCUT2D eigenvalue weighted by atomic mass is 16.5. The first kappa shape index (κ1) is 17.7. The smallest absolute Gasteiger partial charge is 0.255 e. The first-order chi connectivity index (χ1) is 12.5. The van der Waals surface area contributed by atoms with Crippen LogP contribution in [0.3, 0.4) is 0 Å². The zero-order valence-electron chi connectivity index (χ0n) is 15.2. The summed E-state index contributed by atoms with van der Waals surface area (Å²) in [6.07, 6.45) is 3.49. The average molecular weight is 350 g/mol. The van der Waals surface area contributed by atoms with Crippen LogP contribution in [-0.4, -0.2) is 33.6 Å². The molecule has 1 amide bonds. The van der Waals surface area contributed by atoms with Crippen LogP contribution in [0.1, 0.15) is 27.4 Å². The number of imidazole rings is 1. The Balaban J connectivity index is 1.65. The summed E-state index contributed by atoms with van der Waals surface area (Å²) in [7, 11) is 0. The number of amides is 1. The van der Waals surface area contributed by atoms with Crippen molar-refractivity contribution in [3.05, 3.63) is 71.4 Å². The van der Waals surface area contributed by atoms with Gasteiger partial charge in [0.25, 0.3) is 5.91 Å². The van der Waals surface area contributed by atoms with Gasteiger partial charge in [0, 0.05) is 18.1 Å². The quantitative estimate of drug-likeness (QED) is 0.694. The van der Waals surface area contributed by atoms with E-state index in [1.54, 1.807) is 18.5 Å². The Kier molecular flexibility index (Phi) is 5.31. The van der Waals surface area contributed by atoms with Gasteiger partial charge in [-0.3, -0.25) is 9.36 Å². The number of aromatic nitrogens is 3. The molecular weight excluding hydrogens is 328 g/mol. The van der Waals surface area contributed by atoms with Crippen LogP contribution in [0.4, 0.5) is 0 Å². The summed E-state index contributed by atoms with van der Waals surface area (Å²) in [6.45, 7) is 6.60. The second kappa shape index (κ2) is 7.82. The minimum absolute atomic E-state index is 0.187. The number of ether oxygens (including phenoxy) is 1. The Hall–Kier alpha value is -3.15. The molecule has 134 valence electrons. The van der Waals surface area contributed by atoms with Crippen LogP contribution >= 0.6 is 0 Å². The number of rotatable bonds is 6. The Bertz CT molecular complexity index is 900. The topological polar surface area (TPSA) is 69.0 Å². The molecule has 0 saturated carbocycles. The minimum atomic E-state index is -0.187. The van der Waals surface area contributed by atoms with Crippen LogP contribution in [0, 0.1) is 20.8 Å². The van der Waals surface area contributed by atoms with Crippen LogP contribution in [0.2, 0.25) is 0 Å². The summed E-state index contributed by atoms with van der Waals surface area (Å²) in [4.78, 5) is 21.3. The molecule has 0 fully saturated rings. The number of carbonyl (C=O) groups excluding carboxylic acids is 1. The maximum Gasteiger partial charge on any atom is 0.255 e. The van der Waals surface area contributed by atoms with Crippen LogP contribution in [0.15, 0.2) is 48.8 Å². The van der Waals surface area contributed by atoms with Crippen molar-refractivity contribution < 1.29 is 9.53 Å². The van der Waals surface area contributed by atoms with Gasteiger partial charge in [-0.25, -0.2) is 9.97 Å². The van der Waals surface area contributed by atoms with Crippen LogP contribution in [-0.2, 0) is 0 Å². The third-order valence-corrected chi connectivity index (χ3v) is 3.99. The van der Waals surface area contributed by atoms with Crippen LogP contribution in [0.5, 0.6) is 5.75 Å². The SMILES string of the molecule is Cc1ccc(OCCNC(=O)c2ccc(C)nc2-n2ccnc2C)cc1.